The molecule has 0 fully saturated rings. The zero-order valence-corrected chi connectivity index (χ0v) is 27.6. The molecule has 0 atom stereocenters. The Kier molecular flexibility index (Phi) is 6.11. The first kappa shape index (κ1) is 28.2. The lowest BCUT2D eigenvalue weighted by Gasteiger charge is -2.37. The summed E-state index contributed by atoms with van der Waals surface area (Å²) in [5.74, 6) is 0.0394. The molecule has 2 aliphatic rings. The van der Waals surface area contributed by atoms with Gasteiger partial charge in [-0.1, -0.05) is 153 Å². The minimum absolute atomic E-state index is 0.0394. The monoisotopic (exact) mass is 625 g/mol. The van der Waals surface area contributed by atoms with E-state index in [1.54, 1.807) is 0 Å². The molecule has 7 aromatic carbocycles. The number of nitrogens with zero attached hydrogens (tertiary/aromatic N) is 1. The zero-order chi connectivity index (χ0) is 32.7. The van der Waals surface area contributed by atoms with Gasteiger partial charge in [-0.15, -0.1) is 0 Å². The molecule has 0 saturated heterocycles. The molecule has 3 heteroatoms. The normalized spacial score (nSPS) is 13.6. The number of aromatic nitrogens is 1. The van der Waals surface area contributed by atoms with Gasteiger partial charge in [0.15, 0.2) is 7.28 Å². The largest absolute Gasteiger partial charge is 0.355 e. The second kappa shape index (κ2) is 10.6. The van der Waals surface area contributed by atoms with Gasteiger partial charge in [0.2, 0.25) is 0 Å². The summed E-state index contributed by atoms with van der Waals surface area (Å²) >= 11 is 0. The van der Waals surface area contributed by atoms with E-state index in [-0.39, 0.29) is 11.3 Å². The summed E-state index contributed by atoms with van der Waals surface area (Å²) in [5, 5.41) is 6.44. The number of hydrogen-bond acceptors (Lipinski definition) is 1. The molecule has 8 aromatic rings. The molecule has 0 unspecified atom stereocenters. The molecular formula is C46H34BN2. The Balaban J connectivity index is 1.39. The summed E-state index contributed by atoms with van der Waals surface area (Å²) in [4.78, 5) is 0. The van der Waals surface area contributed by atoms with Crippen LogP contribution in [0.15, 0.2) is 158 Å². The molecule has 0 spiro atoms. The lowest BCUT2D eigenvalue weighted by molar-refractivity contribution is 0.631. The summed E-state index contributed by atoms with van der Waals surface area (Å²) < 4.78 is 2.62. The third-order valence-corrected chi connectivity index (χ3v) is 10.9. The summed E-state index contributed by atoms with van der Waals surface area (Å²) in [5.41, 5.74) is 17.6. The van der Waals surface area contributed by atoms with Gasteiger partial charge in [-0.3, -0.25) is 0 Å². The molecule has 1 aromatic heterocycles. The Morgan fingerprint density at radius 2 is 1.22 bits per heavy atom. The first-order valence-corrected chi connectivity index (χ1v) is 17.2. The van der Waals surface area contributed by atoms with Crippen LogP contribution in [0.2, 0.25) is 0 Å². The maximum atomic E-state index is 3.77. The fourth-order valence-corrected chi connectivity index (χ4v) is 8.72. The Bertz CT molecular complexity index is 2530. The number of hydrogen-bond donors (Lipinski definition) is 1. The van der Waals surface area contributed by atoms with E-state index in [1.165, 1.54) is 77.4 Å². The van der Waals surface area contributed by atoms with Crippen molar-refractivity contribution in [3.63, 3.8) is 0 Å². The van der Waals surface area contributed by atoms with Crippen LogP contribution in [0.25, 0.3) is 38.6 Å². The van der Waals surface area contributed by atoms with Crippen LogP contribution >= 0.6 is 0 Å². The number of fused-ring (bicyclic) bond motifs is 1. The highest BCUT2D eigenvalue weighted by molar-refractivity contribution is 6.73. The molecule has 3 heterocycles. The average molecular weight is 626 g/mol. The minimum atomic E-state index is -0.131. The van der Waals surface area contributed by atoms with Crippen molar-refractivity contribution in [3.05, 3.63) is 186 Å². The lowest BCUT2D eigenvalue weighted by atomic mass is 9.57. The first-order valence-electron chi connectivity index (χ1n) is 17.2. The van der Waals surface area contributed by atoms with Crippen LogP contribution in [0.3, 0.4) is 0 Å². The van der Waals surface area contributed by atoms with Gasteiger partial charge in [-0.05, 0) is 63.1 Å². The van der Waals surface area contributed by atoms with Crippen molar-refractivity contribution in [3.8, 4) is 16.8 Å². The highest BCUT2D eigenvalue weighted by Gasteiger charge is 2.40. The van der Waals surface area contributed by atoms with Crippen molar-refractivity contribution in [2.75, 3.05) is 5.32 Å². The molecule has 2 aliphatic heterocycles. The third kappa shape index (κ3) is 4.09. The standard InChI is InChI=1S/C46H34BN2/c1-46(2)36-24-14-23-33-41-35(40(29-16-6-3-7-17-29)30-18-8-4-9-19-30)28-34(32-22-12-13-27-39(32)48-31-20-10-5-11-21-31)42-45(41)49(43(33)36)44-37(46)25-15-26-38(44)47-42/h3-28,40,48H,1-2H3. The van der Waals surface area contributed by atoms with Crippen LogP contribution in [-0.4, -0.2) is 11.8 Å². The molecule has 49 heavy (non-hydrogen) atoms. The van der Waals surface area contributed by atoms with E-state index < -0.39 is 0 Å². The fourth-order valence-electron chi connectivity index (χ4n) is 8.72. The van der Waals surface area contributed by atoms with Gasteiger partial charge >= 0.3 is 0 Å². The molecule has 0 bridgehead atoms. The summed E-state index contributed by atoms with van der Waals surface area (Å²) in [6.07, 6.45) is 0. The van der Waals surface area contributed by atoms with Crippen molar-refractivity contribution < 1.29 is 0 Å². The van der Waals surface area contributed by atoms with Crippen molar-refractivity contribution in [1.29, 1.82) is 0 Å². The van der Waals surface area contributed by atoms with E-state index in [4.69, 9.17) is 0 Å². The zero-order valence-electron chi connectivity index (χ0n) is 27.6. The Morgan fingerprint density at radius 1 is 0.592 bits per heavy atom. The number of nitrogens with one attached hydrogen (secondary N) is 1. The van der Waals surface area contributed by atoms with Crippen LogP contribution in [0.4, 0.5) is 11.4 Å². The number of rotatable bonds is 6. The highest BCUT2D eigenvalue weighted by atomic mass is 15.0. The SMILES string of the molecule is CC1(C)c2cccc3c2-n2c4c1cccc4c1c(C(c4ccccc4)c4ccccc4)cc(-c4ccccc4Nc4ccccc4)c(c12)[B]3. The Hall–Kier alpha value is -5.80. The second-order valence-electron chi connectivity index (χ2n) is 14.0. The van der Waals surface area contributed by atoms with E-state index in [9.17, 15) is 0 Å². The van der Waals surface area contributed by atoms with Gasteiger partial charge in [0.1, 0.15) is 0 Å². The molecule has 231 valence electrons. The molecule has 1 N–H and O–H groups in total. The van der Waals surface area contributed by atoms with Crippen LogP contribution in [-0.2, 0) is 5.41 Å². The predicted molar refractivity (Wildman–Crippen MR) is 207 cm³/mol. The van der Waals surface area contributed by atoms with Crippen LogP contribution in [0.5, 0.6) is 0 Å². The maximum Gasteiger partial charge on any atom is 0.197 e. The number of para-hydroxylation sites is 4. The van der Waals surface area contributed by atoms with E-state index >= 15 is 0 Å². The minimum Gasteiger partial charge on any atom is -0.355 e. The Morgan fingerprint density at radius 3 is 1.96 bits per heavy atom. The van der Waals surface area contributed by atoms with Gasteiger partial charge < -0.3 is 9.88 Å². The molecule has 2 nitrogen and oxygen atoms in total. The van der Waals surface area contributed by atoms with E-state index in [1.807, 2.05) is 0 Å². The smallest absolute Gasteiger partial charge is 0.197 e. The lowest BCUT2D eigenvalue weighted by Crippen LogP contribution is -2.41. The van der Waals surface area contributed by atoms with E-state index in [0.717, 1.165) is 11.4 Å². The predicted octanol–water partition coefficient (Wildman–Crippen LogP) is 9.98. The highest BCUT2D eigenvalue weighted by Crippen LogP contribution is 2.50. The molecule has 0 saturated carbocycles. The van der Waals surface area contributed by atoms with Crippen molar-refractivity contribution in [2.45, 2.75) is 25.2 Å². The first-order chi connectivity index (χ1) is 24.1. The number of benzene rings is 7. The molecule has 10 rings (SSSR count). The summed E-state index contributed by atoms with van der Waals surface area (Å²) in [7, 11) is 2.46. The summed E-state index contributed by atoms with van der Waals surface area (Å²) in [6.45, 7) is 4.78. The molecule has 0 aliphatic carbocycles. The molecule has 1 radical (unpaired) electrons. The van der Waals surface area contributed by atoms with Crippen LogP contribution < -0.4 is 16.2 Å². The topological polar surface area (TPSA) is 17.0 Å². The average Bonchev–Trinajstić information content (AvgIpc) is 3.50. The van der Waals surface area contributed by atoms with E-state index in [0.29, 0.717) is 0 Å². The third-order valence-electron chi connectivity index (χ3n) is 10.9. The quantitative estimate of drug-likeness (QED) is 0.144. The van der Waals surface area contributed by atoms with Gasteiger partial charge in [-0.2, -0.15) is 0 Å². The van der Waals surface area contributed by atoms with E-state index in [2.05, 4.69) is 189 Å². The fraction of sp³-hybridized carbons (Fsp3) is 0.0870. The van der Waals surface area contributed by atoms with Crippen LogP contribution in [0, 0.1) is 0 Å². The maximum absolute atomic E-state index is 3.77. The molecular weight excluding hydrogens is 591 g/mol. The van der Waals surface area contributed by atoms with Gasteiger partial charge in [-0.25, -0.2) is 0 Å². The van der Waals surface area contributed by atoms with Gasteiger partial charge in [0, 0.05) is 50.2 Å². The summed E-state index contributed by atoms with van der Waals surface area (Å²) in [6, 6.07) is 57.8. The van der Waals surface area contributed by atoms with Crippen molar-refractivity contribution in [1.82, 2.24) is 4.57 Å². The van der Waals surface area contributed by atoms with Crippen molar-refractivity contribution >= 4 is 51.4 Å². The molecule has 0 amide bonds. The van der Waals surface area contributed by atoms with Gasteiger partial charge in [0.05, 0.1) is 5.52 Å². The van der Waals surface area contributed by atoms with Gasteiger partial charge in [0.25, 0.3) is 0 Å². The van der Waals surface area contributed by atoms with Crippen molar-refractivity contribution in [2.24, 2.45) is 0 Å². The Labute approximate surface area is 287 Å². The number of anilines is 2. The second-order valence-corrected chi connectivity index (χ2v) is 14.0. The van der Waals surface area contributed by atoms with Crippen LogP contribution in [0.1, 0.15) is 47.6 Å².